The summed E-state index contributed by atoms with van der Waals surface area (Å²) in [5, 5.41) is 13.8. The number of hydrogen-bond donors (Lipinski definition) is 2. The highest BCUT2D eigenvalue weighted by Gasteiger charge is 2.70. The van der Waals surface area contributed by atoms with Gasteiger partial charge in [-0.3, -0.25) is 4.90 Å². The maximum absolute atomic E-state index is 11.6. The van der Waals surface area contributed by atoms with Gasteiger partial charge < -0.3 is 19.9 Å². The molecule has 0 aromatic heterocycles. The largest absolute Gasteiger partial charge is 0.478 e. The summed E-state index contributed by atoms with van der Waals surface area (Å²) in [5.74, 6) is 2.46. The first kappa shape index (κ1) is 35.1. The van der Waals surface area contributed by atoms with Gasteiger partial charge in [0.15, 0.2) is 0 Å². The molecule has 9 atom stereocenters. The van der Waals surface area contributed by atoms with Crippen LogP contribution in [0.3, 0.4) is 0 Å². The average Bonchev–Trinajstić information content (AvgIpc) is 3.45. The highest BCUT2D eigenvalue weighted by atomic mass is 16.5. The monoisotopic (exact) mass is 684 g/mol. The number of carbonyl (C=O) groups is 1. The normalized spacial score (nSPS) is 45.0. The van der Waals surface area contributed by atoms with E-state index in [4.69, 9.17) is 9.47 Å². The third kappa shape index (κ3) is 5.04. The fourth-order valence-electron chi connectivity index (χ4n) is 14.6. The highest BCUT2D eigenvalue weighted by molar-refractivity contribution is 5.88. The third-order valence-corrected chi connectivity index (χ3v) is 17.1. The Morgan fingerprint density at radius 2 is 1.56 bits per heavy atom. The number of benzene rings is 1. The first-order valence-electron chi connectivity index (χ1n) is 20.1. The molecular formula is C44H64N2O4. The number of morpholine rings is 2. The fraction of sp³-hybridized carbons (Fsp3) is 0.750. The molecule has 8 rings (SSSR count). The van der Waals surface area contributed by atoms with Gasteiger partial charge in [0.1, 0.15) is 0 Å². The van der Waals surface area contributed by atoms with Gasteiger partial charge in [0.25, 0.3) is 0 Å². The number of nitrogens with one attached hydrogen (secondary N) is 1. The molecule has 0 unspecified atom stereocenters. The van der Waals surface area contributed by atoms with E-state index in [0.29, 0.717) is 52.1 Å². The summed E-state index contributed by atoms with van der Waals surface area (Å²) in [4.78, 5) is 14.3. The van der Waals surface area contributed by atoms with Crippen LogP contribution in [0.2, 0.25) is 0 Å². The molecule has 50 heavy (non-hydrogen) atoms. The predicted molar refractivity (Wildman–Crippen MR) is 200 cm³/mol. The van der Waals surface area contributed by atoms with Gasteiger partial charge >= 0.3 is 5.97 Å². The van der Waals surface area contributed by atoms with Crippen LogP contribution in [-0.4, -0.2) is 73.1 Å². The molecule has 1 aromatic rings. The van der Waals surface area contributed by atoms with Crippen molar-refractivity contribution < 1.29 is 19.4 Å². The smallest absolute Gasteiger partial charge is 0.335 e. The molecule has 2 N–H and O–H groups in total. The van der Waals surface area contributed by atoms with Crippen LogP contribution < -0.4 is 5.32 Å². The Morgan fingerprint density at radius 1 is 0.880 bits per heavy atom. The molecule has 7 aliphatic rings. The van der Waals surface area contributed by atoms with E-state index in [1.165, 1.54) is 68.1 Å². The summed E-state index contributed by atoms with van der Waals surface area (Å²) >= 11 is 0. The van der Waals surface area contributed by atoms with E-state index in [0.717, 1.165) is 51.9 Å². The molecule has 6 heteroatoms. The molecule has 4 saturated carbocycles. The lowest BCUT2D eigenvalue weighted by atomic mass is 9.33. The van der Waals surface area contributed by atoms with Crippen LogP contribution in [0.1, 0.15) is 115 Å². The average molecular weight is 685 g/mol. The van der Waals surface area contributed by atoms with E-state index in [-0.39, 0.29) is 16.4 Å². The number of aromatic carboxylic acids is 1. The van der Waals surface area contributed by atoms with Crippen LogP contribution in [0.4, 0.5) is 0 Å². The minimum Gasteiger partial charge on any atom is -0.478 e. The van der Waals surface area contributed by atoms with Crippen LogP contribution >= 0.6 is 0 Å². The van der Waals surface area contributed by atoms with Crippen molar-refractivity contribution in [1.29, 1.82) is 0 Å². The lowest BCUT2D eigenvalue weighted by Gasteiger charge is -2.72. The SMILES string of the molecule is C=C(C)[C@@H]1CC[C@]2(NCCN3C4COCC3COC4)CC[C@]3(C)[C@H](CC[C@@H]4[C@@]5(C)CC=C(c6ccc(C(=O)O)cc6)C(C)(C)[C@@H]5CC[C@]43C)[C@@H]12. The van der Waals surface area contributed by atoms with Gasteiger partial charge in [0.05, 0.1) is 44.1 Å². The summed E-state index contributed by atoms with van der Waals surface area (Å²) in [5.41, 5.74) is 5.52. The van der Waals surface area contributed by atoms with Crippen molar-refractivity contribution in [2.75, 3.05) is 39.5 Å². The van der Waals surface area contributed by atoms with Crippen LogP contribution in [0.25, 0.3) is 5.57 Å². The Labute approximate surface area is 301 Å². The number of carboxylic acids is 1. The van der Waals surface area contributed by atoms with Crippen LogP contribution in [0.5, 0.6) is 0 Å². The van der Waals surface area contributed by atoms with Gasteiger partial charge in [-0.1, -0.05) is 65.0 Å². The van der Waals surface area contributed by atoms with E-state index in [9.17, 15) is 9.90 Å². The number of allylic oxidation sites excluding steroid dienone is 3. The molecule has 1 aromatic carbocycles. The van der Waals surface area contributed by atoms with Crippen molar-refractivity contribution >= 4 is 11.5 Å². The number of nitrogens with zero attached hydrogens (tertiary/aromatic N) is 1. The van der Waals surface area contributed by atoms with Gasteiger partial charge in [-0.2, -0.15) is 0 Å². The molecule has 2 heterocycles. The van der Waals surface area contributed by atoms with Gasteiger partial charge in [0.2, 0.25) is 0 Å². The summed E-state index contributed by atoms with van der Waals surface area (Å²) in [7, 11) is 0. The van der Waals surface area contributed by atoms with Crippen LogP contribution in [-0.2, 0) is 9.47 Å². The quantitative estimate of drug-likeness (QED) is 0.281. The molecule has 5 aliphatic carbocycles. The van der Waals surface area contributed by atoms with Gasteiger partial charge in [-0.25, -0.2) is 4.79 Å². The molecular weight excluding hydrogens is 620 g/mol. The maximum Gasteiger partial charge on any atom is 0.335 e. The summed E-state index contributed by atoms with van der Waals surface area (Å²) in [6.45, 7) is 25.4. The molecule has 2 saturated heterocycles. The van der Waals surface area contributed by atoms with Crippen LogP contribution in [0.15, 0.2) is 42.5 Å². The number of ether oxygens (including phenoxy) is 2. The van der Waals surface area contributed by atoms with E-state index in [1.54, 1.807) is 12.1 Å². The Balaban J connectivity index is 1.06. The molecule has 0 spiro atoms. The highest BCUT2D eigenvalue weighted by Crippen LogP contribution is 2.76. The number of rotatable bonds is 7. The maximum atomic E-state index is 11.6. The van der Waals surface area contributed by atoms with Crippen molar-refractivity contribution in [1.82, 2.24) is 10.2 Å². The Bertz CT molecular complexity index is 1510. The van der Waals surface area contributed by atoms with Crippen molar-refractivity contribution in [3.05, 3.63) is 53.6 Å². The van der Waals surface area contributed by atoms with Crippen molar-refractivity contribution in [2.45, 2.75) is 117 Å². The van der Waals surface area contributed by atoms with E-state index in [2.05, 4.69) is 64.4 Å². The van der Waals surface area contributed by atoms with E-state index < -0.39 is 5.97 Å². The Morgan fingerprint density at radius 3 is 2.20 bits per heavy atom. The standard InChI is InChI=1S/C44H64N2O4/c1-28(2)33-14-19-44(45-22-23-46-31-24-49-26-32(46)27-50-25-31)21-20-42(6)35(38(33)44)12-13-37-41(5)17-15-34(29-8-10-30(11-9-29)39(47)48)40(3,4)36(41)16-18-43(37,42)7/h8-11,15,31-33,35-38,45H,1,12-14,16-27H2,2-7H3,(H,47,48)/t31?,32?,33-,35+,36-,37+,38+,41-,42+,43+,44-/m0/s1. The molecule has 0 radical (unpaired) electrons. The minimum atomic E-state index is -0.856. The first-order chi connectivity index (χ1) is 23.8. The number of carboxylic acid groups (broad SMARTS) is 1. The van der Waals surface area contributed by atoms with E-state index >= 15 is 0 Å². The third-order valence-electron chi connectivity index (χ3n) is 17.1. The molecule has 0 amide bonds. The lowest BCUT2D eigenvalue weighted by Crippen LogP contribution is -2.68. The van der Waals surface area contributed by atoms with E-state index in [1.807, 2.05) is 12.1 Å². The molecule has 2 bridgehead atoms. The zero-order valence-electron chi connectivity index (χ0n) is 31.9. The second-order valence-electron chi connectivity index (χ2n) is 19.3. The topological polar surface area (TPSA) is 71.0 Å². The summed E-state index contributed by atoms with van der Waals surface area (Å²) < 4.78 is 11.8. The summed E-state index contributed by atoms with van der Waals surface area (Å²) in [6.07, 6.45) is 14.1. The molecule has 6 fully saturated rings. The van der Waals surface area contributed by atoms with Crippen molar-refractivity contribution in [2.24, 2.45) is 51.2 Å². The minimum absolute atomic E-state index is 0.0318. The number of fused-ring (bicyclic) bond motifs is 9. The first-order valence-corrected chi connectivity index (χ1v) is 20.1. The van der Waals surface area contributed by atoms with Crippen molar-refractivity contribution in [3.8, 4) is 0 Å². The van der Waals surface area contributed by atoms with Gasteiger partial charge in [-0.15, -0.1) is 0 Å². The predicted octanol–water partition coefficient (Wildman–Crippen LogP) is 8.48. The fourth-order valence-corrected chi connectivity index (χ4v) is 14.6. The molecule has 274 valence electrons. The second-order valence-corrected chi connectivity index (χ2v) is 19.3. The number of hydrogen-bond acceptors (Lipinski definition) is 5. The van der Waals surface area contributed by atoms with Crippen LogP contribution in [0, 0.1) is 51.2 Å². The van der Waals surface area contributed by atoms with Gasteiger partial charge in [0, 0.05) is 18.6 Å². The zero-order valence-corrected chi connectivity index (χ0v) is 31.9. The van der Waals surface area contributed by atoms with Gasteiger partial charge in [-0.05, 0) is 139 Å². The zero-order chi connectivity index (χ0) is 35.3. The Kier molecular flexibility index (Phi) is 8.61. The summed E-state index contributed by atoms with van der Waals surface area (Å²) in [6, 6.07) is 8.45. The molecule has 2 aliphatic heterocycles. The Hall–Kier alpha value is -1.99. The lowest BCUT2D eigenvalue weighted by molar-refractivity contribution is -0.219. The molecule has 6 nitrogen and oxygen atoms in total. The van der Waals surface area contributed by atoms with Crippen molar-refractivity contribution in [3.63, 3.8) is 0 Å². The second kappa shape index (κ2) is 12.3.